The Hall–Kier alpha value is -0.493. The molecule has 5 atom stereocenters. The van der Waals surface area contributed by atoms with Gasteiger partial charge in [-0.15, -0.1) is 11.8 Å². The minimum absolute atomic E-state index is 0. The second-order valence-corrected chi connectivity index (χ2v) is 9.44. The summed E-state index contributed by atoms with van der Waals surface area (Å²) in [6, 6.07) is 0. The van der Waals surface area contributed by atoms with Crippen molar-refractivity contribution < 1.29 is 61.9 Å². The van der Waals surface area contributed by atoms with Crippen LogP contribution in [0.2, 0.25) is 0 Å². The minimum atomic E-state index is -5.30. The minimum Gasteiger partial charge on any atom is -0.812 e. The van der Waals surface area contributed by atoms with Gasteiger partial charge in [0.15, 0.2) is 17.7 Å². The molecule has 2 aromatic heterocycles. The van der Waals surface area contributed by atoms with Gasteiger partial charge in [0, 0.05) is 0 Å². The van der Waals surface area contributed by atoms with Crippen molar-refractivity contribution in [2.75, 3.05) is 12.3 Å². The van der Waals surface area contributed by atoms with Crippen LogP contribution in [0.1, 0.15) is 6.23 Å². The molecule has 0 aliphatic carbocycles. The maximum atomic E-state index is 11.4. The van der Waals surface area contributed by atoms with Crippen LogP contribution in [0.3, 0.4) is 0 Å². The number of aliphatic hydroxyl groups is 2. The van der Waals surface area contributed by atoms with E-state index in [1.807, 2.05) is 0 Å². The smallest absolute Gasteiger partial charge is 0.812 e. The van der Waals surface area contributed by atoms with E-state index in [9.17, 15) is 29.5 Å². The van der Waals surface area contributed by atoms with Gasteiger partial charge in [-0.2, -0.15) is 0 Å². The van der Waals surface area contributed by atoms with Gasteiger partial charge in [-0.3, -0.25) is 9.13 Å². The molecular formula is C10H12LiN5O9P2S-2. The molecule has 3 heterocycles. The number of anilines is 1. The van der Waals surface area contributed by atoms with Crippen molar-refractivity contribution in [3.63, 3.8) is 0 Å². The topological polar surface area (TPSA) is 224 Å². The molecule has 0 amide bonds. The van der Waals surface area contributed by atoms with Gasteiger partial charge in [0.1, 0.15) is 30.2 Å². The molecule has 0 saturated carbocycles. The Bertz CT molecular complexity index is 943. The monoisotopic (exact) mass is 447 g/mol. The van der Waals surface area contributed by atoms with Gasteiger partial charge in [0.2, 0.25) is 0 Å². The van der Waals surface area contributed by atoms with E-state index in [2.05, 4.69) is 35.6 Å². The molecule has 4 N–H and O–H groups in total. The van der Waals surface area contributed by atoms with Crippen LogP contribution in [-0.2, 0) is 29.9 Å². The Balaban J connectivity index is 0.00000280. The van der Waals surface area contributed by atoms with Crippen molar-refractivity contribution in [3.05, 3.63) is 12.7 Å². The first-order valence-corrected chi connectivity index (χ1v) is 11.1. The molecule has 150 valence electrons. The Morgan fingerprint density at radius 1 is 1.29 bits per heavy atom. The summed E-state index contributed by atoms with van der Waals surface area (Å²) in [6.45, 7) is -5.86. The van der Waals surface area contributed by atoms with Crippen molar-refractivity contribution in [3.8, 4) is 0 Å². The van der Waals surface area contributed by atoms with E-state index in [1.54, 1.807) is 0 Å². The molecule has 3 rings (SSSR count). The fraction of sp³-hybridized carbons (Fsp3) is 0.500. The number of nitrogens with two attached hydrogens (primary N) is 1. The molecule has 0 bridgehead atoms. The second kappa shape index (κ2) is 8.71. The van der Waals surface area contributed by atoms with E-state index in [0.717, 1.165) is 6.33 Å². The number of hydrogen-bond donors (Lipinski definition) is 3. The number of fused-ring (bicyclic) bond motifs is 1. The van der Waals surface area contributed by atoms with Gasteiger partial charge in [-0.05, 0) is 0 Å². The van der Waals surface area contributed by atoms with E-state index >= 15 is 0 Å². The van der Waals surface area contributed by atoms with Gasteiger partial charge in [-0.1, -0.05) is 6.72 Å². The number of rotatable bonds is 6. The number of imidazole rings is 1. The van der Waals surface area contributed by atoms with Crippen molar-refractivity contribution in [2.45, 2.75) is 24.5 Å². The van der Waals surface area contributed by atoms with E-state index in [4.69, 9.17) is 10.5 Å². The third-order valence-electron chi connectivity index (χ3n) is 3.60. The molecular weight excluding hydrogens is 435 g/mol. The molecule has 28 heavy (non-hydrogen) atoms. The summed E-state index contributed by atoms with van der Waals surface area (Å²) in [6.07, 6.45) is -3.23. The SMILES string of the molecule is Nc1ncnc2c1ncn2C1OC(COP(=O)([O-])OP([O-])([O-])=S)C(O)C1O.[Li+]. The zero-order chi connectivity index (χ0) is 20.0. The van der Waals surface area contributed by atoms with Crippen LogP contribution < -0.4 is 39.3 Å². The molecule has 1 aliphatic heterocycles. The molecule has 0 radical (unpaired) electrons. The summed E-state index contributed by atoms with van der Waals surface area (Å²) in [5.74, 6) is 0.0852. The van der Waals surface area contributed by atoms with Crippen LogP contribution in [0.15, 0.2) is 12.7 Å². The maximum absolute atomic E-state index is 11.4. The van der Waals surface area contributed by atoms with Gasteiger partial charge in [0.05, 0.1) is 12.9 Å². The van der Waals surface area contributed by atoms with Crippen molar-refractivity contribution in [1.29, 1.82) is 0 Å². The summed E-state index contributed by atoms with van der Waals surface area (Å²) in [7, 11) is -5.30. The van der Waals surface area contributed by atoms with E-state index < -0.39 is 45.7 Å². The second-order valence-electron chi connectivity index (χ2n) is 5.40. The van der Waals surface area contributed by atoms with Gasteiger partial charge in [-0.25, -0.2) is 15.0 Å². The fourth-order valence-electron chi connectivity index (χ4n) is 2.46. The molecule has 1 saturated heterocycles. The van der Waals surface area contributed by atoms with Crippen LogP contribution in [0.4, 0.5) is 5.82 Å². The third-order valence-corrected chi connectivity index (χ3v) is 6.26. The molecule has 1 fully saturated rings. The van der Waals surface area contributed by atoms with Gasteiger partial charge in [0.25, 0.3) is 7.82 Å². The Labute approximate surface area is 174 Å². The number of nitrogens with zero attached hydrogens (tertiary/aromatic N) is 4. The Morgan fingerprint density at radius 2 is 1.96 bits per heavy atom. The van der Waals surface area contributed by atoms with E-state index in [-0.39, 0.29) is 35.8 Å². The number of hydrogen-bond acceptors (Lipinski definition) is 14. The number of phosphoric acid groups is 1. The predicted molar refractivity (Wildman–Crippen MR) is 84.6 cm³/mol. The van der Waals surface area contributed by atoms with Crippen LogP contribution in [0.25, 0.3) is 11.2 Å². The van der Waals surface area contributed by atoms with Crippen LogP contribution in [0.5, 0.6) is 0 Å². The Kier molecular flexibility index (Phi) is 7.40. The molecule has 1 aliphatic rings. The molecule has 14 nitrogen and oxygen atoms in total. The predicted octanol–water partition coefficient (Wildman–Crippen LogP) is -6.52. The first kappa shape index (κ1) is 23.8. The quantitative estimate of drug-likeness (QED) is 0.277. The van der Waals surface area contributed by atoms with E-state index in [0.29, 0.717) is 0 Å². The zero-order valence-corrected chi connectivity index (χ0v) is 16.7. The molecule has 0 spiro atoms. The number of aromatic nitrogens is 4. The van der Waals surface area contributed by atoms with Crippen molar-refractivity contribution in [2.24, 2.45) is 0 Å². The molecule has 2 aromatic rings. The van der Waals surface area contributed by atoms with E-state index in [1.165, 1.54) is 10.9 Å². The van der Waals surface area contributed by atoms with Gasteiger partial charge >= 0.3 is 18.9 Å². The van der Waals surface area contributed by atoms with Crippen LogP contribution in [0, 0.1) is 0 Å². The number of aliphatic hydroxyl groups excluding tert-OH is 2. The summed E-state index contributed by atoms with van der Waals surface area (Å²) in [5.41, 5.74) is 6.11. The summed E-state index contributed by atoms with van der Waals surface area (Å²) >= 11 is 3.82. The molecule has 5 unspecified atom stereocenters. The summed E-state index contributed by atoms with van der Waals surface area (Å²) in [5, 5.41) is 20.3. The average molecular weight is 447 g/mol. The number of nitrogen functional groups attached to an aromatic ring is 1. The zero-order valence-electron chi connectivity index (χ0n) is 14.1. The fourth-order valence-corrected chi connectivity index (χ4v) is 4.70. The maximum Gasteiger partial charge on any atom is 1.00 e. The molecule has 18 heteroatoms. The normalized spacial score (nSPS) is 27.5. The largest absolute Gasteiger partial charge is 1.00 e. The van der Waals surface area contributed by atoms with Crippen molar-refractivity contribution >= 4 is 43.3 Å². The average Bonchev–Trinajstić information content (AvgIpc) is 3.07. The standard InChI is InChI=1S/C10H15N5O9P2S.Li/c11-8-5-9(13-2-12-8)15(3-14-5)10-7(17)6(16)4(23-10)1-22-25(18,19)24-26(20,21)27;/h2-4,6-7,10,16-17H,1H2,(H,18,19)(H2,11,12,13)(H2,20,21,27);/q;+1/p-3. The number of phosphoric ester groups is 1. The number of ether oxygens (including phenoxy) is 1. The summed E-state index contributed by atoms with van der Waals surface area (Å²) in [4.78, 5) is 44.6. The van der Waals surface area contributed by atoms with Crippen LogP contribution in [-0.4, -0.2) is 54.7 Å². The molecule has 0 aromatic carbocycles. The van der Waals surface area contributed by atoms with Crippen molar-refractivity contribution in [1.82, 2.24) is 19.5 Å². The Morgan fingerprint density at radius 3 is 2.61 bits per heavy atom. The van der Waals surface area contributed by atoms with Gasteiger partial charge < -0.3 is 44.2 Å². The first-order chi connectivity index (χ1) is 12.5. The van der Waals surface area contributed by atoms with Crippen LogP contribution >= 0.6 is 14.5 Å². The third kappa shape index (κ3) is 5.16. The first-order valence-electron chi connectivity index (χ1n) is 7.12. The summed E-state index contributed by atoms with van der Waals surface area (Å²) < 4.78 is 26.1.